The fraction of sp³-hybridized carbons (Fsp3) is 0.529. The zero-order valence-electron chi connectivity index (χ0n) is 14.9. The molecule has 0 atom stereocenters. The van der Waals surface area contributed by atoms with Crippen LogP contribution in [0, 0.1) is 13.8 Å². The first-order valence-corrected chi connectivity index (χ1v) is 8.07. The highest BCUT2D eigenvalue weighted by atomic mass is 127. The standard InChI is InChI=1S/C17H27N5O.HI/c1-13-16(14(2)22(4)21-13)8-5-10-19-17(18-3)20-11-9-15-7-6-12-23-15;/h6-7,12H,5,8-11H2,1-4H3,(H2,18,19,20);1H. The Hall–Kier alpha value is -1.51. The molecule has 134 valence electrons. The summed E-state index contributed by atoms with van der Waals surface area (Å²) in [5.74, 6) is 1.81. The lowest BCUT2D eigenvalue weighted by Gasteiger charge is -2.11. The van der Waals surface area contributed by atoms with Gasteiger partial charge in [-0.1, -0.05) is 0 Å². The second kappa shape index (κ2) is 10.4. The molecule has 6 nitrogen and oxygen atoms in total. The fourth-order valence-corrected chi connectivity index (χ4v) is 2.63. The van der Waals surface area contributed by atoms with Crippen LogP contribution in [0.4, 0.5) is 0 Å². The molecular weight excluding hydrogens is 417 g/mol. The van der Waals surface area contributed by atoms with Gasteiger partial charge in [-0.2, -0.15) is 5.10 Å². The molecule has 0 aromatic carbocycles. The van der Waals surface area contributed by atoms with Crippen LogP contribution >= 0.6 is 24.0 Å². The Labute approximate surface area is 161 Å². The quantitative estimate of drug-likeness (QED) is 0.298. The number of aryl methyl sites for hydroxylation is 2. The number of guanidine groups is 1. The number of halogens is 1. The third-order valence-electron chi connectivity index (χ3n) is 4.02. The second-order valence-corrected chi connectivity index (χ2v) is 5.63. The van der Waals surface area contributed by atoms with E-state index in [2.05, 4.69) is 34.6 Å². The summed E-state index contributed by atoms with van der Waals surface area (Å²) >= 11 is 0. The monoisotopic (exact) mass is 445 g/mol. The summed E-state index contributed by atoms with van der Waals surface area (Å²) in [7, 11) is 3.78. The van der Waals surface area contributed by atoms with E-state index >= 15 is 0 Å². The van der Waals surface area contributed by atoms with E-state index in [9.17, 15) is 0 Å². The molecule has 0 radical (unpaired) electrons. The van der Waals surface area contributed by atoms with Crippen LogP contribution in [0.25, 0.3) is 0 Å². The maximum Gasteiger partial charge on any atom is 0.190 e. The number of nitrogens with zero attached hydrogens (tertiary/aromatic N) is 3. The lowest BCUT2D eigenvalue weighted by atomic mass is 10.1. The first-order valence-electron chi connectivity index (χ1n) is 8.07. The molecule has 0 aliphatic carbocycles. The van der Waals surface area contributed by atoms with E-state index in [1.54, 1.807) is 13.3 Å². The highest BCUT2D eigenvalue weighted by Gasteiger charge is 2.08. The van der Waals surface area contributed by atoms with Gasteiger partial charge in [0, 0.05) is 39.3 Å². The van der Waals surface area contributed by atoms with Gasteiger partial charge in [-0.25, -0.2) is 0 Å². The third-order valence-corrected chi connectivity index (χ3v) is 4.02. The summed E-state index contributed by atoms with van der Waals surface area (Å²) in [6, 6.07) is 3.89. The maximum atomic E-state index is 5.31. The number of rotatable bonds is 7. The van der Waals surface area contributed by atoms with Crippen LogP contribution in [0.1, 0.15) is 29.1 Å². The SMILES string of the molecule is CN=C(NCCCc1c(C)nn(C)c1C)NCCc1ccco1.I. The van der Waals surface area contributed by atoms with Gasteiger partial charge < -0.3 is 15.1 Å². The van der Waals surface area contributed by atoms with Crippen LogP contribution < -0.4 is 10.6 Å². The van der Waals surface area contributed by atoms with Crippen molar-refractivity contribution in [2.75, 3.05) is 20.1 Å². The summed E-state index contributed by atoms with van der Waals surface area (Å²) in [6.07, 6.45) is 4.63. The molecule has 0 bridgehead atoms. The van der Waals surface area contributed by atoms with Gasteiger partial charge in [0.05, 0.1) is 12.0 Å². The van der Waals surface area contributed by atoms with Crippen molar-refractivity contribution in [1.82, 2.24) is 20.4 Å². The largest absolute Gasteiger partial charge is 0.469 e. The Balaban J connectivity index is 0.00000288. The number of furan rings is 1. The van der Waals surface area contributed by atoms with E-state index in [-0.39, 0.29) is 24.0 Å². The molecule has 2 aromatic heterocycles. The van der Waals surface area contributed by atoms with Gasteiger partial charge in [0.15, 0.2) is 5.96 Å². The van der Waals surface area contributed by atoms with E-state index in [1.807, 2.05) is 23.9 Å². The lowest BCUT2D eigenvalue weighted by Crippen LogP contribution is -2.38. The number of aromatic nitrogens is 2. The number of hydrogen-bond acceptors (Lipinski definition) is 3. The number of aliphatic imine (C=N–C) groups is 1. The van der Waals surface area contributed by atoms with Crippen molar-refractivity contribution in [3.63, 3.8) is 0 Å². The highest BCUT2D eigenvalue weighted by molar-refractivity contribution is 14.0. The molecule has 2 rings (SSSR count). The Morgan fingerprint density at radius 3 is 2.58 bits per heavy atom. The van der Waals surface area contributed by atoms with E-state index in [1.165, 1.54) is 11.3 Å². The van der Waals surface area contributed by atoms with Crippen molar-refractivity contribution >= 4 is 29.9 Å². The minimum Gasteiger partial charge on any atom is -0.469 e. The molecule has 2 N–H and O–H groups in total. The lowest BCUT2D eigenvalue weighted by molar-refractivity contribution is 0.506. The van der Waals surface area contributed by atoms with Gasteiger partial charge in [-0.3, -0.25) is 9.67 Å². The van der Waals surface area contributed by atoms with Crippen LogP contribution in [0.5, 0.6) is 0 Å². The van der Waals surface area contributed by atoms with Gasteiger partial charge in [0.25, 0.3) is 0 Å². The molecule has 0 aliphatic rings. The molecular formula is C17H28IN5O. The molecule has 7 heteroatoms. The Bertz CT molecular complexity index is 634. The normalized spacial score (nSPS) is 11.2. The van der Waals surface area contributed by atoms with Crippen molar-refractivity contribution in [2.24, 2.45) is 12.0 Å². The number of nitrogens with one attached hydrogen (secondary N) is 2. The molecule has 0 saturated carbocycles. The minimum atomic E-state index is 0. The molecule has 0 amide bonds. The minimum absolute atomic E-state index is 0. The first kappa shape index (κ1) is 20.5. The van der Waals surface area contributed by atoms with Crippen LogP contribution in [-0.2, 0) is 19.9 Å². The van der Waals surface area contributed by atoms with Crippen molar-refractivity contribution in [2.45, 2.75) is 33.1 Å². The van der Waals surface area contributed by atoms with Crippen LogP contribution in [0.3, 0.4) is 0 Å². The summed E-state index contributed by atoms with van der Waals surface area (Å²) in [6.45, 7) is 5.88. The van der Waals surface area contributed by atoms with Gasteiger partial charge in [-0.05, 0) is 44.4 Å². The molecule has 0 aliphatic heterocycles. The predicted octanol–water partition coefficient (Wildman–Crippen LogP) is 2.59. The topological polar surface area (TPSA) is 67.4 Å². The van der Waals surface area contributed by atoms with Crippen molar-refractivity contribution in [1.29, 1.82) is 0 Å². The van der Waals surface area contributed by atoms with Crippen LogP contribution in [-0.4, -0.2) is 35.9 Å². The highest BCUT2D eigenvalue weighted by Crippen LogP contribution is 2.13. The molecule has 0 spiro atoms. The summed E-state index contributed by atoms with van der Waals surface area (Å²) in [5.41, 5.74) is 3.74. The molecule has 0 unspecified atom stereocenters. The molecule has 2 aromatic rings. The Morgan fingerprint density at radius 2 is 2.00 bits per heavy atom. The smallest absolute Gasteiger partial charge is 0.190 e. The van der Waals surface area contributed by atoms with Crippen LogP contribution in [0.2, 0.25) is 0 Å². The summed E-state index contributed by atoms with van der Waals surface area (Å²) in [4.78, 5) is 4.24. The van der Waals surface area contributed by atoms with Gasteiger partial charge in [0.2, 0.25) is 0 Å². The Morgan fingerprint density at radius 1 is 1.25 bits per heavy atom. The van der Waals surface area contributed by atoms with Crippen LogP contribution in [0.15, 0.2) is 27.8 Å². The van der Waals surface area contributed by atoms with E-state index in [4.69, 9.17) is 4.42 Å². The fourth-order valence-electron chi connectivity index (χ4n) is 2.63. The predicted molar refractivity (Wildman–Crippen MR) is 108 cm³/mol. The van der Waals surface area contributed by atoms with Gasteiger partial charge in [-0.15, -0.1) is 24.0 Å². The first-order chi connectivity index (χ1) is 11.1. The average molecular weight is 445 g/mol. The maximum absolute atomic E-state index is 5.31. The van der Waals surface area contributed by atoms with Gasteiger partial charge in [0.1, 0.15) is 5.76 Å². The Kier molecular flexibility index (Phi) is 8.88. The summed E-state index contributed by atoms with van der Waals surface area (Å²) < 4.78 is 7.26. The summed E-state index contributed by atoms with van der Waals surface area (Å²) in [5, 5.41) is 11.1. The van der Waals surface area contributed by atoms with E-state index < -0.39 is 0 Å². The molecule has 24 heavy (non-hydrogen) atoms. The zero-order chi connectivity index (χ0) is 16.7. The zero-order valence-corrected chi connectivity index (χ0v) is 17.3. The van der Waals surface area contributed by atoms with E-state index in [0.29, 0.717) is 0 Å². The molecule has 0 saturated heterocycles. The molecule has 0 fully saturated rings. The second-order valence-electron chi connectivity index (χ2n) is 5.63. The van der Waals surface area contributed by atoms with Crippen molar-refractivity contribution in [3.05, 3.63) is 41.1 Å². The average Bonchev–Trinajstić information content (AvgIpc) is 3.12. The molecule has 2 heterocycles. The van der Waals surface area contributed by atoms with E-state index in [0.717, 1.165) is 49.8 Å². The number of hydrogen-bond donors (Lipinski definition) is 2. The van der Waals surface area contributed by atoms with Crippen molar-refractivity contribution in [3.8, 4) is 0 Å². The third kappa shape index (κ3) is 5.85. The van der Waals surface area contributed by atoms with Crippen molar-refractivity contribution < 1.29 is 4.42 Å². The van der Waals surface area contributed by atoms with Gasteiger partial charge >= 0.3 is 0 Å².